The fourth-order valence-corrected chi connectivity index (χ4v) is 1.42. The molecule has 1 N–H and O–H groups in total. The molecule has 2 heterocycles. The molecule has 0 unspecified atom stereocenters. The molecule has 6 heteroatoms. The molecule has 0 aliphatic carbocycles. The van der Waals surface area contributed by atoms with Crippen LogP contribution >= 0.6 is 0 Å². The van der Waals surface area contributed by atoms with Gasteiger partial charge in [-0.05, 0) is 0 Å². The van der Waals surface area contributed by atoms with Gasteiger partial charge in [-0.2, -0.15) is 5.10 Å². The first-order valence-electron chi connectivity index (χ1n) is 4.84. The van der Waals surface area contributed by atoms with E-state index in [1.807, 2.05) is 0 Å². The van der Waals surface area contributed by atoms with Crippen molar-refractivity contribution in [3.8, 4) is 11.4 Å². The number of hydrogen-bond donors (Lipinski definition) is 1. The zero-order valence-electron chi connectivity index (χ0n) is 8.54. The maximum atomic E-state index is 12.2. The molecule has 16 heavy (non-hydrogen) atoms. The van der Waals surface area contributed by atoms with Gasteiger partial charge in [-0.1, -0.05) is 0 Å². The Bertz CT molecular complexity index is 457. The Kier molecular flexibility index (Phi) is 3.21. The summed E-state index contributed by atoms with van der Waals surface area (Å²) in [7, 11) is 0. The normalized spacial score (nSPS) is 10.6. The van der Waals surface area contributed by atoms with E-state index in [1.54, 1.807) is 24.8 Å². The van der Waals surface area contributed by atoms with Gasteiger partial charge >= 0.3 is 0 Å². The summed E-state index contributed by atoms with van der Waals surface area (Å²) in [6.07, 6.45) is 6.27. The Hall–Kier alpha value is -1.82. The summed E-state index contributed by atoms with van der Waals surface area (Å²) in [6.45, 7) is -0.474. The summed E-state index contributed by atoms with van der Waals surface area (Å²) >= 11 is 0. The van der Waals surface area contributed by atoms with Gasteiger partial charge < -0.3 is 5.11 Å². The molecule has 0 amide bonds. The third kappa shape index (κ3) is 2.06. The first-order valence-corrected chi connectivity index (χ1v) is 4.84. The number of halogens is 1. The van der Waals surface area contributed by atoms with E-state index < -0.39 is 6.67 Å². The van der Waals surface area contributed by atoms with Crippen LogP contribution in [0.4, 0.5) is 4.39 Å². The molecule has 2 aromatic heterocycles. The molecule has 0 bridgehead atoms. The van der Waals surface area contributed by atoms with E-state index in [4.69, 9.17) is 5.11 Å². The Labute approximate surface area is 91.6 Å². The van der Waals surface area contributed by atoms with Gasteiger partial charge in [0.2, 0.25) is 0 Å². The lowest BCUT2D eigenvalue weighted by atomic mass is 10.2. The third-order valence-corrected chi connectivity index (χ3v) is 2.13. The number of alkyl halides is 1. The number of rotatable bonds is 4. The monoisotopic (exact) mass is 222 g/mol. The lowest BCUT2D eigenvalue weighted by molar-refractivity contribution is 0.282. The van der Waals surface area contributed by atoms with Crippen molar-refractivity contribution < 1.29 is 9.50 Å². The highest BCUT2D eigenvalue weighted by molar-refractivity contribution is 5.56. The van der Waals surface area contributed by atoms with Crippen LogP contribution < -0.4 is 0 Å². The van der Waals surface area contributed by atoms with E-state index >= 15 is 0 Å². The largest absolute Gasteiger partial charge is 0.392 e. The van der Waals surface area contributed by atoms with Gasteiger partial charge in [0.05, 0.1) is 19.3 Å². The van der Waals surface area contributed by atoms with Gasteiger partial charge in [0.1, 0.15) is 18.1 Å². The van der Waals surface area contributed by atoms with E-state index in [2.05, 4.69) is 15.1 Å². The summed E-state index contributed by atoms with van der Waals surface area (Å²) in [5, 5.41) is 13.3. The maximum Gasteiger partial charge on any atom is 0.118 e. The van der Waals surface area contributed by atoms with E-state index in [0.29, 0.717) is 17.0 Å². The van der Waals surface area contributed by atoms with Crippen molar-refractivity contribution in [3.05, 3.63) is 30.4 Å². The molecule has 0 spiro atoms. The molecule has 0 saturated heterocycles. The van der Waals surface area contributed by atoms with E-state index in [9.17, 15) is 4.39 Å². The van der Waals surface area contributed by atoms with Crippen LogP contribution in [-0.4, -0.2) is 31.5 Å². The van der Waals surface area contributed by atoms with Crippen LogP contribution in [0.2, 0.25) is 0 Å². The first-order chi connectivity index (χ1) is 7.85. The van der Waals surface area contributed by atoms with Crippen molar-refractivity contribution in [1.29, 1.82) is 0 Å². The molecule has 0 radical (unpaired) electrons. The van der Waals surface area contributed by atoms with Crippen LogP contribution in [0, 0.1) is 0 Å². The minimum absolute atomic E-state index is 0.155. The average molecular weight is 222 g/mol. The number of aliphatic hydroxyl groups is 1. The molecule has 0 fully saturated rings. The van der Waals surface area contributed by atoms with Crippen molar-refractivity contribution in [2.24, 2.45) is 0 Å². The predicted octanol–water partition coefficient (Wildman–Crippen LogP) is 0.802. The fraction of sp³-hybridized carbons (Fsp3) is 0.300. The SMILES string of the molecule is OCc1cn(CCF)nc1-c1cnccn1. The minimum Gasteiger partial charge on any atom is -0.392 e. The summed E-state index contributed by atoms with van der Waals surface area (Å²) < 4.78 is 13.6. The third-order valence-electron chi connectivity index (χ3n) is 2.13. The molecule has 5 nitrogen and oxygen atoms in total. The molecule has 0 atom stereocenters. The lowest BCUT2D eigenvalue weighted by Gasteiger charge is -1.96. The van der Waals surface area contributed by atoms with Gasteiger partial charge in [-0.15, -0.1) is 0 Å². The molecule has 2 rings (SSSR count). The van der Waals surface area contributed by atoms with E-state index in [0.717, 1.165) is 0 Å². The fourth-order valence-electron chi connectivity index (χ4n) is 1.42. The van der Waals surface area contributed by atoms with Crippen molar-refractivity contribution in [1.82, 2.24) is 19.7 Å². The highest BCUT2D eigenvalue weighted by Gasteiger charge is 2.11. The number of hydrogen-bond acceptors (Lipinski definition) is 4. The summed E-state index contributed by atoms with van der Waals surface area (Å²) in [4.78, 5) is 8.01. The Morgan fingerprint density at radius 1 is 1.38 bits per heavy atom. The van der Waals surface area contributed by atoms with Crippen LogP contribution in [-0.2, 0) is 13.2 Å². The van der Waals surface area contributed by atoms with Gasteiger partial charge in [-0.3, -0.25) is 14.6 Å². The van der Waals surface area contributed by atoms with Crippen LogP contribution in [0.1, 0.15) is 5.56 Å². The van der Waals surface area contributed by atoms with Crippen LogP contribution in [0.15, 0.2) is 24.8 Å². The average Bonchev–Trinajstić information content (AvgIpc) is 2.74. The Morgan fingerprint density at radius 3 is 2.88 bits per heavy atom. The topological polar surface area (TPSA) is 63.8 Å². The number of aromatic nitrogens is 4. The van der Waals surface area contributed by atoms with Crippen molar-refractivity contribution in [2.75, 3.05) is 6.67 Å². The van der Waals surface area contributed by atoms with Gasteiger partial charge in [0, 0.05) is 24.2 Å². The quantitative estimate of drug-likeness (QED) is 0.831. The lowest BCUT2D eigenvalue weighted by Crippen LogP contribution is -2.00. The van der Waals surface area contributed by atoms with Crippen LogP contribution in [0.25, 0.3) is 11.4 Å². The van der Waals surface area contributed by atoms with Crippen LogP contribution in [0.3, 0.4) is 0 Å². The standard InChI is InChI=1S/C10H11FN4O/c11-1-4-15-6-8(7-16)10(14-15)9-5-12-2-3-13-9/h2-3,5-6,16H,1,4,7H2. The van der Waals surface area contributed by atoms with Crippen molar-refractivity contribution in [3.63, 3.8) is 0 Å². The van der Waals surface area contributed by atoms with Gasteiger partial charge in [-0.25, -0.2) is 4.39 Å². The van der Waals surface area contributed by atoms with E-state index in [-0.39, 0.29) is 13.2 Å². The second kappa shape index (κ2) is 4.80. The maximum absolute atomic E-state index is 12.2. The molecule has 2 aromatic rings. The zero-order chi connectivity index (χ0) is 11.4. The number of aryl methyl sites for hydroxylation is 1. The summed E-state index contributed by atoms with van der Waals surface area (Å²) in [5.41, 5.74) is 1.74. The highest BCUT2D eigenvalue weighted by Crippen LogP contribution is 2.18. The Morgan fingerprint density at radius 2 is 2.25 bits per heavy atom. The smallest absolute Gasteiger partial charge is 0.118 e. The molecule has 84 valence electrons. The second-order valence-electron chi connectivity index (χ2n) is 3.20. The number of aliphatic hydroxyl groups excluding tert-OH is 1. The van der Waals surface area contributed by atoms with Gasteiger partial charge in [0.15, 0.2) is 0 Å². The zero-order valence-corrected chi connectivity index (χ0v) is 8.54. The van der Waals surface area contributed by atoms with Gasteiger partial charge in [0.25, 0.3) is 0 Å². The van der Waals surface area contributed by atoms with E-state index in [1.165, 1.54) is 4.68 Å². The molecular weight excluding hydrogens is 211 g/mol. The van der Waals surface area contributed by atoms with Crippen LogP contribution in [0.5, 0.6) is 0 Å². The summed E-state index contributed by atoms with van der Waals surface area (Å²) in [5.74, 6) is 0. The first kappa shape index (κ1) is 10.7. The second-order valence-corrected chi connectivity index (χ2v) is 3.20. The summed E-state index contributed by atoms with van der Waals surface area (Å²) in [6, 6.07) is 0. The Balaban J connectivity index is 2.39. The predicted molar refractivity (Wildman–Crippen MR) is 55.2 cm³/mol. The molecule has 0 aliphatic heterocycles. The highest BCUT2D eigenvalue weighted by atomic mass is 19.1. The van der Waals surface area contributed by atoms with Crippen molar-refractivity contribution in [2.45, 2.75) is 13.2 Å². The minimum atomic E-state index is -0.494. The molecule has 0 aliphatic rings. The number of nitrogens with zero attached hydrogens (tertiary/aromatic N) is 4. The van der Waals surface area contributed by atoms with Crippen molar-refractivity contribution >= 4 is 0 Å². The molecular formula is C10H11FN4O. The molecule has 0 aromatic carbocycles. The molecule has 0 saturated carbocycles.